The molecule has 5 nitrogen and oxygen atoms in total. The molecule has 0 fully saturated rings. The summed E-state index contributed by atoms with van der Waals surface area (Å²) < 4.78 is 0. The molecule has 6 heteroatoms. The Kier molecular flexibility index (Phi) is 4.37. The van der Waals surface area contributed by atoms with Crippen LogP contribution in [0, 0.1) is 0 Å². The molecule has 25 heavy (non-hydrogen) atoms. The second-order valence-corrected chi connectivity index (χ2v) is 6.76. The van der Waals surface area contributed by atoms with Gasteiger partial charge in [0.05, 0.1) is 5.60 Å². The monoisotopic (exact) mass is 355 g/mol. The van der Waals surface area contributed by atoms with Crippen LogP contribution in [-0.2, 0) is 10.4 Å². The van der Waals surface area contributed by atoms with E-state index < -0.39 is 11.5 Å². The molecule has 1 aromatic carbocycles. The van der Waals surface area contributed by atoms with Crippen molar-refractivity contribution in [1.82, 2.24) is 9.97 Å². The maximum Gasteiger partial charge on any atom is 0.241 e. The fraction of sp³-hybridized carbons (Fsp3) is 0.158. The van der Waals surface area contributed by atoms with Gasteiger partial charge in [0.1, 0.15) is 5.65 Å². The molecule has 4 N–H and O–H groups in total. The Labute approximate surface area is 150 Å². The van der Waals surface area contributed by atoms with Gasteiger partial charge in [0.15, 0.2) is 0 Å². The van der Waals surface area contributed by atoms with Gasteiger partial charge in [-0.15, -0.1) is 0 Å². The van der Waals surface area contributed by atoms with Crippen molar-refractivity contribution in [1.29, 1.82) is 0 Å². The first kappa shape index (κ1) is 17.2. The third-order valence-corrected chi connectivity index (χ3v) is 4.26. The molecule has 128 valence electrons. The number of nitrogens with one attached hydrogen (secondary N) is 1. The van der Waals surface area contributed by atoms with Gasteiger partial charge in [-0.3, -0.25) is 4.79 Å². The van der Waals surface area contributed by atoms with Crippen molar-refractivity contribution < 1.29 is 9.90 Å². The Hall–Kier alpha value is -2.63. The first-order chi connectivity index (χ1) is 11.8. The Morgan fingerprint density at radius 2 is 2.08 bits per heavy atom. The lowest BCUT2D eigenvalue weighted by atomic mass is 9.95. The van der Waals surface area contributed by atoms with Gasteiger partial charge in [0, 0.05) is 45.6 Å². The van der Waals surface area contributed by atoms with E-state index in [0.29, 0.717) is 16.2 Å². The number of carbonyl (C=O) groups excluding carboxylic acids is 1. The number of nitrogens with two attached hydrogens (primary N) is 1. The van der Waals surface area contributed by atoms with Gasteiger partial charge >= 0.3 is 0 Å². The Morgan fingerprint density at radius 1 is 1.32 bits per heavy atom. The number of carbonyl (C=O) groups is 1. The van der Waals surface area contributed by atoms with Crippen LogP contribution in [0.15, 0.2) is 42.7 Å². The Morgan fingerprint density at radius 3 is 2.72 bits per heavy atom. The Bertz CT molecular complexity index is 984. The third kappa shape index (κ3) is 3.57. The minimum atomic E-state index is -1.01. The van der Waals surface area contributed by atoms with Gasteiger partial charge in [-0.05, 0) is 37.6 Å². The van der Waals surface area contributed by atoms with Gasteiger partial charge in [-0.25, -0.2) is 4.98 Å². The lowest BCUT2D eigenvalue weighted by molar-refractivity contribution is -0.113. The molecule has 3 rings (SSSR count). The molecule has 2 heterocycles. The summed E-state index contributed by atoms with van der Waals surface area (Å²) in [7, 11) is 0. The minimum Gasteiger partial charge on any atom is -0.386 e. The number of rotatable bonds is 4. The fourth-order valence-corrected chi connectivity index (χ4v) is 3.09. The maximum absolute atomic E-state index is 10.9. The van der Waals surface area contributed by atoms with Crippen molar-refractivity contribution >= 4 is 34.6 Å². The summed E-state index contributed by atoms with van der Waals surface area (Å²) in [5, 5.41) is 11.5. The number of aromatic amines is 1. The normalized spacial score (nSPS) is 12.2. The van der Waals surface area contributed by atoms with Crippen molar-refractivity contribution in [3.8, 4) is 11.1 Å². The number of benzene rings is 1. The van der Waals surface area contributed by atoms with Gasteiger partial charge in [-0.1, -0.05) is 23.7 Å². The van der Waals surface area contributed by atoms with E-state index in [2.05, 4.69) is 9.97 Å². The molecular formula is C19H18ClN3O2. The van der Waals surface area contributed by atoms with Crippen LogP contribution in [0.3, 0.4) is 0 Å². The smallest absolute Gasteiger partial charge is 0.241 e. The number of nitrogens with zero attached hydrogens (tertiary/aromatic N) is 1. The first-order valence-electron chi connectivity index (χ1n) is 7.73. The van der Waals surface area contributed by atoms with Gasteiger partial charge < -0.3 is 15.8 Å². The summed E-state index contributed by atoms with van der Waals surface area (Å²) in [6.07, 6.45) is 6.47. The largest absolute Gasteiger partial charge is 0.386 e. The molecule has 0 bridgehead atoms. The van der Waals surface area contributed by atoms with Crippen LogP contribution in [-0.4, -0.2) is 21.0 Å². The number of amides is 1. The summed E-state index contributed by atoms with van der Waals surface area (Å²) in [6.45, 7) is 3.39. The average Bonchev–Trinajstić information content (AvgIpc) is 2.93. The quantitative estimate of drug-likeness (QED) is 0.624. The molecule has 0 aliphatic heterocycles. The van der Waals surface area contributed by atoms with E-state index in [1.54, 1.807) is 32.3 Å². The zero-order chi connectivity index (χ0) is 18.2. The average molecular weight is 356 g/mol. The van der Waals surface area contributed by atoms with Crippen molar-refractivity contribution in [3.05, 3.63) is 58.9 Å². The van der Waals surface area contributed by atoms with E-state index in [4.69, 9.17) is 17.3 Å². The highest BCUT2D eigenvalue weighted by Crippen LogP contribution is 2.32. The number of aromatic nitrogens is 2. The molecule has 1 amide bonds. The van der Waals surface area contributed by atoms with Crippen molar-refractivity contribution in [2.75, 3.05) is 0 Å². The van der Waals surface area contributed by atoms with Crippen molar-refractivity contribution in [2.24, 2.45) is 5.73 Å². The highest BCUT2D eigenvalue weighted by atomic mass is 35.5. The summed E-state index contributed by atoms with van der Waals surface area (Å²) >= 11 is 6.33. The molecule has 3 aromatic rings. The van der Waals surface area contributed by atoms with Gasteiger partial charge in [0.2, 0.25) is 5.91 Å². The van der Waals surface area contributed by atoms with Crippen molar-refractivity contribution in [3.63, 3.8) is 0 Å². The molecule has 2 aromatic heterocycles. The van der Waals surface area contributed by atoms with E-state index in [1.807, 2.05) is 24.3 Å². The standard InChI is InChI=1S/C19H18ClN3O2/c1-19(2,25)15-5-3-11(8-16(15)20)13-7-14-12(4-6-17(21)24)9-22-18(14)23-10-13/h3-10,25H,1-2H3,(H2,21,24)(H,22,23)/b6-4+. The van der Waals surface area contributed by atoms with E-state index in [1.165, 1.54) is 6.08 Å². The second-order valence-electron chi connectivity index (χ2n) is 6.35. The summed E-state index contributed by atoms with van der Waals surface area (Å²) in [4.78, 5) is 18.4. The molecular weight excluding hydrogens is 338 g/mol. The molecule has 0 aliphatic rings. The van der Waals surface area contributed by atoms with Crippen LogP contribution in [0.2, 0.25) is 5.02 Å². The maximum atomic E-state index is 10.9. The molecule has 0 unspecified atom stereocenters. The molecule has 0 radical (unpaired) electrons. The van der Waals surface area contributed by atoms with E-state index >= 15 is 0 Å². The number of fused-ring (bicyclic) bond motifs is 1. The van der Waals surface area contributed by atoms with Crippen LogP contribution >= 0.6 is 11.6 Å². The molecule has 0 atom stereocenters. The molecule has 0 spiro atoms. The molecule has 0 saturated heterocycles. The summed E-state index contributed by atoms with van der Waals surface area (Å²) in [5.74, 6) is -0.507. The van der Waals surface area contributed by atoms with E-state index in [0.717, 1.165) is 22.1 Å². The van der Waals surface area contributed by atoms with Crippen LogP contribution in [0.5, 0.6) is 0 Å². The predicted molar refractivity (Wildman–Crippen MR) is 100 cm³/mol. The predicted octanol–water partition coefficient (Wildman–Crippen LogP) is 3.61. The van der Waals surface area contributed by atoms with E-state index in [-0.39, 0.29) is 0 Å². The number of hydrogen-bond acceptors (Lipinski definition) is 3. The highest BCUT2D eigenvalue weighted by Gasteiger charge is 2.19. The zero-order valence-electron chi connectivity index (χ0n) is 13.9. The fourth-order valence-electron chi connectivity index (χ4n) is 2.68. The summed E-state index contributed by atoms with van der Waals surface area (Å²) in [5.41, 5.74) is 8.11. The van der Waals surface area contributed by atoms with Gasteiger partial charge in [-0.2, -0.15) is 0 Å². The SMILES string of the molecule is CC(C)(O)c1ccc(-c2cnc3[nH]cc(/C=C/C(N)=O)c3c2)cc1Cl. The third-order valence-electron chi connectivity index (χ3n) is 3.95. The number of aliphatic hydroxyl groups is 1. The second kappa shape index (κ2) is 6.35. The lowest BCUT2D eigenvalue weighted by Gasteiger charge is -2.19. The zero-order valence-corrected chi connectivity index (χ0v) is 14.6. The highest BCUT2D eigenvalue weighted by molar-refractivity contribution is 6.31. The lowest BCUT2D eigenvalue weighted by Crippen LogP contribution is -2.15. The Balaban J connectivity index is 2.06. The first-order valence-corrected chi connectivity index (χ1v) is 8.11. The van der Waals surface area contributed by atoms with Gasteiger partial charge in [0.25, 0.3) is 0 Å². The van der Waals surface area contributed by atoms with Crippen LogP contribution in [0.1, 0.15) is 25.0 Å². The van der Waals surface area contributed by atoms with E-state index in [9.17, 15) is 9.90 Å². The number of pyridine rings is 1. The summed E-state index contributed by atoms with van der Waals surface area (Å²) in [6, 6.07) is 7.48. The minimum absolute atomic E-state index is 0.494. The van der Waals surface area contributed by atoms with Crippen molar-refractivity contribution in [2.45, 2.75) is 19.4 Å². The number of halogens is 1. The van der Waals surface area contributed by atoms with Crippen LogP contribution < -0.4 is 5.73 Å². The number of H-pyrrole nitrogens is 1. The van der Waals surface area contributed by atoms with Crippen LogP contribution in [0.4, 0.5) is 0 Å². The topological polar surface area (TPSA) is 92.0 Å². The molecule has 0 saturated carbocycles. The van der Waals surface area contributed by atoms with Crippen LogP contribution in [0.25, 0.3) is 28.2 Å². The number of primary amides is 1. The molecule has 0 aliphatic carbocycles. The number of hydrogen-bond donors (Lipinski definition) is 3.